The molecule has 4 aromatic rings. The lowest BCUT2D eigenvalue weighted by molar-refractivity contribution is 0.0737. The lowest BCUT2D eigenvalue weighted by Crippen LogP contribution is -2.28. The van der Waals surface area contributed by atoms with Gasteiger partial charge in [-0.3, -0.25) is 4.79 Å². The molecule has 6 nitrogen and oxygen atoms in total. The highest BCUT2D eigenvalue weighted by Gasteiger charge is 2.39. The Hall–Kier alpha value is -4.77. The first-order valence-electron chi connectivity index (χ1n) is 12.5. The first-order chi connectivity index (χ1) is 20.2. The third-order valence-corrected chi connectivity index (χ3v) is 7.58. The molecule has 1 aliphatic rings. The molecule has 11 heteroatoms. The third kappa shape index (κ3) is 5.82. The minimum atomic E-state index is -1.38. The van der Waals surface area contributed by atoms with Crippen molar-refractivity contribution in [1.82, 2.24) is 5.01 Å². The van der Waals surface area contributed by atoms with Crippen molar-refractivity contribution in [1.29, 1.82) is 0 Å². The Labute approximate surface area is 243 Å². The highest BCUT2D eigenvalue weighted by atomic mass is 32.2. The number of carbonyl (C=O) groups excluding carboxylic acids is 1. The number of para-hydroxylation sites is 1. The molecule has 1 amide bonds. The minimum absolute atomic E-state index is 0.168. The van der Waals surface area contributed by atoms with E-state index < -0.39 is 40.1 Å². The van der Waals surface area contributed by atoms with E-state index in [1.54, 1.807) is 18.2 Å². The van der Waals surface area contributed by atoms with Crippen molar-refractivity contribution in [3.05, 3.63) is 137 Å². The van der Waals surface area contributed by atoms with Gasteiger partial charge < -0.3 is 15.2 Å². The normalized spacial score (nSPS) is 14.5. The smallest absolute Gasteiger partial charge is 0.281 e. The van der Waals surface area contributed by atoms with Crippen LogP contribution in [0.25, 0.3) is 5.70 Å². The molecule has 1 unspecified atom stereocenters. The average molecular weight is 594 g/mol. The van der Waals surface area contributed by atoms with E-state index in [0.29, 0.717) is 34.7 Å². The highest BCUT2D eigenvalue weighted by molar-refractivity contribution is 8.14. The van der Waals surface area contributed by atoms with Crippen LogP contribution >= 0.6 is 11.8 Å². The molecule has 1 heterocycles. The van der Waals surface area contributed by atoms with Gasteiger partial charge in [0.2, 0.25) is 0 Å². The Kier molecular flexibility index (Phi) is 8.21. The molecule has 0 radical (unpaired) electrons. The molecular formula is C31H23F4N3O3S. The molecule has 5 rings (SSSR count). The van der Waals surface area contributed by atoms with Crippen LogP contribution < -0.4 is 15.2 Å². The summed E-state index contributed by atoms with van der Waals surface area (Å²) in [6.45, 7) is 3.88. The van der Waals surface area contributed by atoms with E-state index in [1.807, 2.05) is 24.3 Å². The van der Waals surface area contributed by atoms with Gasteiger partial charge in [-0.2, -0.15) is 5.10 Å². The second-order valence-electron chi connectivity index (χ2n) is 9.17. The summed E-state index contributed by atoms with van der Waals surface area (Å²) in [5.74, 6) is -4.94. The molecule has 0 fully saturated rings. The molecule has 0 bridgehead atoms. The standard InChI is InChI=1S/C31H23F4N3O3S/c1-17(36)19-8-6-18(7-9-19)16-41-26-5-3-4-23(28(26)40-2)31-38(30(39)27-24(34)14-22(33)15-25(27)35)37-29(42-31)20-10-12-21(32)13-11-20/h3-15,31H,1,16,36H2,2H3. The van der Waals surface area contributed by atoms with Crippen molar-refractivity contribution in [2.24, 2.45) is 10.8 Å². The first-order valence-corrected chi connectivity index (χ1v) is 13.4. The van der Waals surface area contributed by atoms with Gasteiger partial charge in [0.25, 0.3) is 5.91 Å². The largest absolute Gasteiger partial charge is 0.492 e. The van der Waals surface area contributed by atoms with E-state index in [1.165, 1.54) is 31.4 Å². The first kappa shape index (κ1) is 28.7. The summed E-state index contributed by atoms with van der Waals surface area (Å²) in [4.78, 5) is 13.5. The number of hydrazone groups is 1. The zero-order valence-corrected chi connectivity index (χ0v) is 22.9. The van der Waals surface area contributed by atoms with Crippen LogP contribution in [0, 0.1) is 23.3 Å². The number of benzene rings is 4. The third-order valence-electron chi connectivity index (χ3n) is 6.36. The van der Waals surface area contributed by atoms with Crippen LogP contribution in [-0.2, 0) is 6.61 Å². The Morgan fingerprint density at radius 3 is 2.26 bits per heavy atom. The summed E-state index contributed by atoms with van der Waals surface area (Å²) in [6.07, 6.45) is 0. The molecule has 0 aromatic heterocycles. The van der Waals surface area contributed by atoms with Gasteiger partial charge in [-0.25, -0.2) is 22.6 Å². The number of nitrogens with zero attached hydrogens (tertiary/aromatic N) is 2. The summed E-state index contributed by atoms with van der Waals surface area (Å²) in [5.41, 5.74) is 7.70. The van der Waals surface area contributed by atoms with Gasteiger partial charge in [-0.05, 0) is 41.5 Å². The Morgan fingerprint density at radius 1 is 0.976 bits per heavy atom. The number of ether oxygens (including phenoxy) is 2. The van der Waals surface area contributed by atoms with Crippen LogP contribution in [0.15, 0.2) is 90.5 Å². The molecular weight excluding hydrogens is 570 g/mol. The molecule has 1 aliphatic heterocycles. The second kappa shape index (κ2) is 12.0. The summed E-state index contributed by atoms with van der Waals surface area (Å²) in [6, 6.07) is 18.5. The van der Waals surface area contributed by atoms with Gasteiger partial charge in [0, 0.05) is 29.0 Å². The predicted octanol–water partition coefficient (Wildman–Crippen LogP) is 7.01. The molecule has 0 spiro atoms. The number of hydrogen-bond acceptors (Lipinski definition) is 6. The van der Waals surface area contributed by atoms with Gasteiger partial charge >= 0.3 is 0 Å². The maximum Gasteiger partial charge on any atom is 0.281 e. The predicted molar refractivity (Wildman–Crippen MR) is 153 cm³/mol. The fourth-order valence-corrected chi connectivity index (χ4v) is 5.47. The van der Waals surface area contributed by atoms with E-state index in [2.05, 4.69) is 11.7 Å². The number of hydrogen-bond donors (Lipinski definition) is 1. The lowest BCUT2D eigenvalue weighted by atomic mass is 10.1. The molecule has 42 heavy (non-hydrogen) atoms. The quantitative estimate of drug-likeness (QED) is 0.223. The van der Waals surface area contributed by atoms with Crippen molar-refractivity contribution in [2.45, 2.75) is 12.0 Å². The molecule has 2 N–H and O–H groups in total. The maximum absolute atomic E-state index is 14.7. The second-order valence-corrected chi connectivity index (χ2v) is 10.2. The Bertz CT molecular complexity index is 1670. The van der Waals surface area contributed by atoms with Gasteiger partial charge in [0.05, 0.1) is 7.11 Å². The SMILES string of the molecule is C=C(N)c1ccc(COc2cccc(C3SC(c4ccc(F)cc4)=NN3C(=O)c3c(F)cc(F)cc3F)c2OC)cc1. The van der Waals surface area contributed by atoms with Crippen molar-refractivity contribution in [3.63, 3.8) is 0 Å². The van der Waals surface area contributed by atoms with Crippen molar-refractivity contribution in [3.8, 4) is 11.5 Å². The van der Waals surface area contributed by atoms with Gasteiger partial charge in [0.1, 0.15) is 45.9 Å². The molecule has 4 aromatic carbocycles. The summed E-state index contributed by atoms with van der Waals surface area (Å²) in [7, 11) is 1.42. The van der Waals surface area contributed by atoms with E-state index in [-0.39, 0.29) is 17.4 Å². The maximum atomic E-state index is 14.7. The number of rotatable bonds is 8. The zero-order valence-electron chi connectivity index (χ0n) is 22.1. The van der Waals surface area contributed by atoms with Crippen LogP contribution in [0.3, 0.4) is 0 Å². The summed E-state index contributed by atoms with van der Waals surface area (Å²) >= 11 is 1.08. The minimum Gasteiger partial charge on any atom is -0.492 e. The molecule has 0 saturated carbocycles. The molecule has 214 valence electrons. The van der Waals surface area contributed by atoms with Crippen molar-refractivity contribution in [2.75, 3.05) is 7.11 Å². The highest BCUT2D eigenvalue weighted by Crippen LogP contribution is 2.48. The number of methoxy groups -OCH3 is 1. The van der Waals surface area contributed by atoms with Crippen LogP contribution in [-0.4, -0.2) is 23.1 Å². The fraction of sp³-hybridized carbons (Fsp3) is 0.0968. The van der Waals surface area contributed by atoms with Crippen molar-refractivity contribution < 1.29 is 31.8 Å². The average Bonchev–Trinajstić information content (AvgIpc) is 3.41. The van der Waals surface area contributed by atoms with E-state index in [4.69, 9.17) is 15.2 Å². The number of carbonyl (C=O) groups is 1. The van der Waals surface area contributed by atoms with E-state index in [0.717, 1.165) is 27.9 Å². The monoisotopic (exact) mass is 593 g/mol. The van der Waals surface area contributed by atoms with E-state index in [9.17, 15) is 22.4 Å². The number of thioether (sulfide) groups is 1. The lowest BCUT2D eigenvalue weighted by Gasteiger charge is -2.24. The Morgan fingerprint density at radius 2 is 1.64 bits per heavy atom. The van der Waals surface area contributed by atoms with Crippen LogP contribution in [0.5, 0.6) is 11.5 Å². The fourth-order valence-electron chi connectivity index (χ4n) is 4.29. The van der Waals surface area contributed by atoms with E-state index >= 15 is 0 Å². The van der Waals surface area contributed by atoms with Gasteiger partial charge in [0.15, 0.2) is 11.5 Å². The molecule has 1 atom stereocenters. The zero-order chi connectivity index (χ0) is 30.0. The Balaban J connectivity index is 1.51. The molecule has 0 saturated heterocycles. The van der Waals surface area contributed by atoms with Crippen LogP contribution in [0.2, 0.25) is 0 Å². The molecule has 0 aliphatic carbocycles. The van der Waals surface area contributed by atoms with Gasteiger partial charge in [-0.15, -0.1) is 0 Å². The van der Waals surface area contributed by atoms with Crippen molar-refractivity contribution >= 4 is 28.4 Å². The number of nitrogens with two attached hydrogens (primary N) is 1. The van der Waals surface area contributed by atoms with Crippen LogP contribution in [0.4, 0.5) is 17.6 Å². The summed E-state index contributed by atoms with van der Waals surface area (Å²) in [5, 5.41) is 4.55. The van der Waals surface area contributed by atoms with Crippen LogP contribution in [0.1, 0.15) is 38.0 Å². The topological polar surface area (TPSA) is 77.2 Å². The summed E-state index contributed by atoms with van der Waals surface area (Å²) < 4.78 is 68.2. The number of amides is 1. The number of halogens is 4. The van der Waals surface area contributed by atoms with Gasteiger partial charge in [-0.1, -0.05) is 54.7 Å².